The lowest BCUT2D eigenvalue weighted by atomic mass is 10.2. The summed E-state index contributed by atoms with van der Waals surface area (Å²) in [5, 5.41) is 10.9. The normalized spacial score (nSPS) is 11.7. The molecule has 7 nitrogen and oxygen atoms in total. The van der Waals surface area contributed by atoms with Crippen LogP contribution in [0, 0.1) is 0 Å². The van der Waals surface area contributed by atoms with Crippen molar-refractivity contribution in [1.82, 2.24) is 10.2 Å². The van der Waals surface area contributed by atoms with Crippen LogP contribution in [0.4, 0.5) is 5.13 Å². The van der Waals surface area contributed by atoms with Crippen molar-refractivity contribution in [1.29, 1.82) is 0 Å². The van der Waals surface area contributed by atoms with Crippen LogP contribution in [0.15, 0.2) is 91.6 Å². The summed E-state index contributed by atoms with van der Waals surface area (Å²) in [6, 6.07) is 18.1. The third kappa shape index (κ3) is 5.91. The van der Waals surface area contributed by atoms with E-state index < -0.39 is 15.7 Å². The maximum absolute atomic E-state index is 12.7. The number of furan rings is 1. The van der Waals surface area contributed by atoms with E-state index in [4.69, 9.17) is 16.0 Å². The van der Waals surface area contributed by atoms with Crippen molar-refractivity contribution in [3.63, 3.8) is 0 Å². The number of thioether (sulfide) groups is 1. The van der Waals surface area contributed by atoms with Crippen LogP contribution in [0.1, 0.15) is 16.1 Å². The highest BCUT2D eigenvalue weighted by atomic mass is 35.5. The van der Waals surface area contributed by atoms with E-state index in [1.807, 2.05) is 42.5 Å². The zero-order chi connectivity index (χ0) is 23.3. The van der Waals surface area contributed by atoms with Gasteiger partial charge in [-0.1, -0.05) is 77.2 Å². The highest BCUT2D eigenvalue weighted by molar-refractivity contribution is 8.01. The summed E-state index contributed by atoms with van der Waals surface area (Å²) in [5.74, 6) is -0.0800. The molecule has 2 aromatic heterocycles. The van der Waals surface area contributed by atoms with Crippen LogP contribution in [0.5, 0.6) is 0 Å². The molecule has 1 N–H and O–H groups in total. The van der Waals surface area contributed by atoms with Gasteiger partial charge in [0.25, 0.3) is 5.91 Å². The predicted molar refractivity (Wildman–Crippen MR) is 130 cm³/mol. The Labute approximate surface area is 203 Å². The molecule has 0 unspecified atom stereocenters. The Morgan fingerprint density at radius 1 is 1.06 bits per heavy atom. The summed E-state index contributed by atoms with van der Waals surface area (Å²) in [6.07, 6.45) is 4.04. The van der Waals surface area contributed by atoms with Crippen LogP contribution in [-0.2, 0) is 9.84 Å². The molecule has 0 bridgehead atoms. The van der Waals surface area contributed by atoms with E-state index >= 15 is 0 Å². The molecule has 168 valence electrons. The van der Waals surface area contributed by atoms with E-state index in [-0.39, 0.29) is 20.9 Å². The number of amides is 1. The molecule has 33 heavy (non-hydrogen) atoms. The molecule has 0 saturated carbocycles. The SMILES string of the molecule is O=C(Nc1nnc(SC/C=C/c2ccccc2)s1)c1ccc(S(=O)(=O)c2ccc(Cl)cc2)o1. The number of sulfone groups is 1. The molecule has 11 heteroatoms. The minimum absolute atomic E-state index is 0.0142. The minimum atomic E-state index is -3.91. The van der Waals surface area contributed by atoms with Crippen molar-refractivity contribution in [3.05, 3.63) is 89.2 Å². The summed E-state index contributed by atoms with van der Waals surface area (Å²) in [4.78, 5) is 12.5. The molecule has 4 aromatic rings. The molecule has 0 aliphatic heterocycles. The molecule has 0 aliphatic carbocycles. The minimum Gasteiger partial charge on any atom is -0.439 e. The molecule has 4 rings (SSSR count). The number of nitrogens with one attached hydrogen (secondary N) is 1. The summed E-state index contributed by atoms with van der Waals surface area (Å²) in [7, 11) is -3.91. The van der Waals surface area contributed by atoms with E-state index in [1.54, 1.807) is 0 Å². The van der Waals surface area contributed by atoms with Crippen LogP contribution < -0.4 is 5.32 Å². The second-order valence-corrected chi connectivity index (χ2v) is 11.1. The highest BCUT2D eigenvalue weighted by Crippen LogP contribution is 2.27. The van der Waals surface area contributed by atoms with Crippen LogP contribution in [-0.4, -0.2) is 30.3 Å². The average Bonchev–Trinajstić information content (AvgIpc) is 3.48. The predicted octanol–water partition coefficient (Wildman–Crippen LogP) is 5.68. The van der Waals surface area contributed by atoms with Gasteiger partial charge in [-0.3, -0.25) is 10.1 Å². The Hall–Kier alpha value is -2.92. The number of carbonyl (C=O) groups excluding carboxylic acids is 1. The molecule has 0 fully saturated rings. The zero-order valence-electron chi connectivity index (χ0n) is 16.8. The van der Waals surface area contributed by atoms with Gasteiger partial charge in [-0.2, -0.15) is 0 Å². The van der Waals surface area contributed by atoms with Crippen molar-refractivity contribution in [2.75, 3.05) is 11.1 Å². The number of hydrogen-bond donors (Lipinski definition) is 1. The number of benzene rings is 2. The smallest absolute Gasteiger partial charge is 0.293 e. The van der Waals surface area contributed by atoms with Gasteiger partial charge in [-0.05, 0) is 42.0 Å². The molecule has 0 spiro atoms. The molecule has 0 atom stereocenters. The average molecular weight is 518 g/mol. The highest BCUT2D eigenvalue weighted by Gasteiger charge is 2.24. The van der Waals surface area contributed by atoms with E-state index in [1.165, 1.54) is 59.5 Å². The largest absolute Gasteiger partial charge is 0.439 e. The Morgan fingerprint density at radius 3 is 2.58 bits per heavy atom. The van der Waals surface area contributed by atoms with Crippen LogP contribution in [0.2, 0.25) is 5.02 Å². The van der Waals surface area contributed by atoms with E-state index in [0.29, 0.717) is 15.1 Å². The van der Waals surface area contributed by atoms with Gasteiger partial charge in [0.2, 0.25) is 20.1 Å². The lowest BCUT2D eigenvalue weighted by molar-refractivity contribution is 0.0991. The van der Waals surface area contributed by atoms with Gasteiger partial charge in [0.15, 0.2) is 10.1 Å². The quantitative estimate of drug-likeness (QED) is 0.237. The van der Waals surface area contributed by atoms with Crippen molar-refractivity contribution >= 4 is 61.7 Å². The monoisotopic (exact) mass is 517 g/mol. The first-order valence-electron chi connectivity index (χ1n) is 9.51. The Balaban J connectivity index is 1.35. The molecule has 0 saturated heterocycles. The molecule has 1 amide bonds. The second kappa shape index (κ2) is 10.3. The zero-order valence-corrected chi connectivity index (χ0v) is 20.0. The number of carbonyl (C=O) groups is 1. The lowest BCUT2D eigenvalue weighted by Crippen LogP contribution is -2.10. The summed E-state index contributed by atoms with van der Waals surface area (Å²) in [6.45, 7) is 0. The van der Waals surface area contributed by atoms with E-state index in [2.05, 4.69) is 15.5 Å². The topological polar surface area (TPSA) is 102 Å². The standard InChI is InChI=1S/C22H16ClN3O4S3/c23-16-8-10-17(11-9-16)33(28,29)19-13-12-18(30-19)20(27)24-21-25-26-22(32-21)31-14-4-7-15-5-2-1-3-6-15/h1-13H,14H2,(H,24,25,27)/b7-4+. The number of halogens is 1. The van der Waals surface area contributed by atoms with Gasteiger partial charge in [0, 0.05) is 10.8 Å². The van der Waals surface area contributed by atoms with Gasteiger partial charge >= 0.3 is 0 Å². The number of nitrogens with zero attached hydrogens (tertiary/aromatic N) is 2. The summed E-state index contributed by atoms with van der Waals surface area (Å²) >= 11 is 8.51. The number of aromatic nitrogens is 2. The summed E-state index contributed by atoms with van der Waals surface area (Å²) in [5.41, 5.74) is 1.11. The molecular formula is C22H16ClN3O4S3. The third-order valence-electron chi connectivity index (χ3n) is 4.23. The fraction of sp³-hybridized carbons (Fsp3) is 0.0455. The molecular weight excluding hydrogens is 502 g/mol. The van der Waals surface area contributed by atoms with Gasteiger partial charge in [0.05, 0.1) is 4.90 Å². The van der Waals surface area contributed by atoms with Crippen LogP contribution in [0.25, 0.3) is 6.08 Å². The van der Waals surface area contributed by atoms with Crippen LogP contribution >= 0.6 is 34.7 Å². The Bertz CT molecular complexity index is 1380. The molecule has 0 radical (unpaired) electrons. The van der Waals surface area contributed by atoms with Crippen LogP contribution in [0.3, 0.4) is 0 Å². The first-order chi connectivity index (χ1) is 15.9. The number of rotatable bonds is 8. The van der Waals surface area contributed by atoms with Gasteiger partial charge in [0.1, 0.15) is 0 Å². The first kappa shape index (κ1) is 23.2. The second-order valence-electron chi connectivity index (χ2n) is 6.53. The van der Waals surface area contributed by atoms with Gasteiger partial charge in [-0.15, -0.1) is 10.2 Å². The van der Waals surface area contributed by atoms with Gasteiger partial charge in [-0.25, -0.2) is 8.42 Å². The number of anilines is 1. The third-order valence-corrected chi connectivity index (χ3v) is 8.05. The van der Waals surface area contributed by atoms with E-state index in [9.17, 15) is 13.2 Å². The Kier molecular flexibility index (Phi) is 7.29. The number of hydrogen-bond acceptors (Lipinski definition) is 8. The summed E-state index contributed by atoms with van der Waals surface area (Å²) < 4.78 is 31.3. The maximum atomic E-state index is 12.7. The first-order valence-corrected chi connectivity index (χ1v) is 13.2. The fourth-order valence-corrected chi connectivity index (χ4v) is 5.54. The van der Waals surface area contributed by atoms with Crippen molar-refractivity contribution < 1.29 is 17.6 Å². The molecule has 2 aromatic carbocycles. The van der Waals surface area contributed by atoms with Crippen molar-refractivity contribution in [2.24, 2.45) is 0 Å². The maximum Gasteiger partial charge on any atom is 0.293 e. The van der Waals surface area contributed by atoms with Gasteiger partial charge < -0.3 is 4.42 Å². The van der Waals surface area contributed by atoms with Crippen molar-refractivity contribution in [3.8, 4) is 0 Å². The fourth-order valence-electron chi connectivity index (χ4n) is 2.66. The molecule has 2 heterocycles. The molecule has 0 aliphatic rings. The van der Waals surface area contributed by atoms with Crippen molar-refractivity contribution in [2.45, 2.75) is 14.3 Å². The Morgan fingerprint density at radius 2 is 1.82 bits per heavy atom. The van der Waals surface area contributed by atoms with E-state index in [0.717, 1.165) is 5.56 Å². The lowest BCUT2D eigenvalue weighted by Gasteiger charge is -2.01.